The van der Waals surface area contributed by atoms with Crippen molar-refractivity contribution in [2.45, 2.75) is 12.8 Å². The Labute approximate surface area is 145 Å². The lowest BCUT2D eigenvalue weighted by molar-refractivity contribution is 0.0945. The molecule has 0 unspecified atom stereocenters. The minimum absolute atomic E-state index is 0.0287. The molecule has 24 heavy (non-hydrogen) atoms. The number of hydrogen-bond donors (Lipinski definition) is 2. The van der Waals surface area contributed by atoms with E-state index < -0.39 is 0 Å². The first-order chi connectivity index (χ1) is 11.6. The monoisotopic (exact) mass is 346 g/mol. The Balaban J connectivity index is 1.56. The number of aromatic nitrogens is 2. The Morgan fingerprint density at radius 2 is 2.17 bits per heavy atom. The summed E-state index contributed by atoms with van der Waals surface area (Å²) in [6, 6.07) is 6.25. The van der Waals surface area contributed by atoms with Crippen molar-refractivity contribution < 1.29 is 9.90 Å². The second-order valence-corrected chi connectivity index (χ2v) is 6.29. The van der Waals surface area contributed by atoms with Gasteiger partial charge < -0.3 is 15.3 Å². The summed E-state index contributed by atoms with van der Waals surface area (Å²) in [5, 5.41) is 12.5. The molecule has 0 bridgehead atoms. The van der Waals surface area contributed by atoms with Gasteiger partial charge in [0.25, 0.3) is 5.91 Å². The second kappa shape index (κ2) is 7.49. The van der Waals surface area contributed by atoms with Crippen LogP contribution in [0.4, 0.5) is 5.95 Å². The summed E-state index contributed by atoms with van der Waals surface area (Å²) in [5.74, 6) is 0.863. The molecule has 0 aliphatic carbocycles. The predicted octanol–water partition coefficient (Wildman–Crippen LogP) is 2.48. The van der Waals surface area contributed by atoms with Gasteiger partial charge in [0.1, 0.15) is 5.75 Å². The van der Waals surface area contributed by atoms with Crippen LogP contribution in [-0.2, 0) is 0 Å². The molecule has 3 rings (SSSR count). The summed E-state index contributed by atoms with van der Waals surface area (Å²) in [5.41, 5.74) is 0.442. The number of hydrogen-bond acceptors (Lipinski definition) is 5. The molecule has 1 amide bonds. The van der Waals surface area contributed by atoms with Crippen molar-refractivity contribution in [3.63, 3.8) is 0 Å². The molecule has 126 valence electrons. The van der Waals surface area contributed by atoms with E-state index in [1.165, 1.54) is 12.1 Å². The van der Waals surface area contributed by atoms with E-state index in [9.17, 15) is 9.90 Å². The lowest BCUT2D eigenvalue weighted by Crippen LogP contribution is -2.41. The van der Waals surface area contributed by atoms with Crippen LogP contribution in [0.2, 0.25) is 5.02 Å². The molecule has 1 fully saturated rings. The number of aromatic hydroxyl groups is 1. The van der Waals surface area contributed by atoms with E-state index in [1.807, 2.05) is 0 Å². The molecule has 7 heteroatoms. The van der Waals surface area contributed by atoms with Crippen molar-refractivity contribution >= 4 is 23.5 Å². The first-order valence-electron chi connectivity index (χ1n) is 7.92. The summed E-state index contributed by atoms with van der Waals surface area (Å²) in [6.45, 7) is 2.34. The third-order valence-corrected chi connectivity index (χ3v) is 4.42. The van der Waals surface area contributed by atoms with Crippen LogP contribution in [0, 0.1) is 5.92 Å². The predicted molar refractivity (Wildman–Crippen MR) is 92.4 cm³/mol. The Morgan fingerprint density at radius 3 is 2.92 bits per heavy atom. The van der Waals surface area contributed by atoms with Crippen LogP contribution in [-0.4, -0.2) is 40.6 Å². The topological polar surface area (TPSA) is 78.4 Å². The van der Waals surface area contributed by atoms with Gasteiger partial charge >= 0.3 is 0 Å². The molecule has 1 atom stereocenters. The van der Waals surface area contributed by atoms with Gasteiger partial charge in [-0.3, -0.25) is 4.79 Å². The fraction of sp³-hybridized carbons (Fsp3) is 0.353. The van der Waals surface area contributed by atoms with Crippen molar-refractivity contribution in [1.29, 1.82) is 0 Å². The number of carbonyl (C=O) groups excluding carboxylic acids is 1. The molecular weight excluding hydrogens is 328 g/mol. The number of carbonyl (C=O) groups is 1. The molecule has 1 aliphatic heterocycles. The standard InChI is InChI=1S/C17H19ClN4O2/c18-14-9-13(4-5-15(14)23)16(24)21-10-12-3-1-8-22(11-12)17-19-6-2-7-20-17/h2,4-7,9,12,23H,1,3,8,10-11H2,(H,21,24)/t12-/m0/s1. The van der Waals surface area contributed by atoms with Crippen molar-refractivity contribution in [3.05, 3.63) is 47.2 Å². The first kappa shape index (κ1) is 16.5. The van der Waals surface area contributed by atoms with E-state index >= 15 is 0 Å². The maximum absolute atomic E-state index is 12.2. The number of anilines is 1. The molecule has 0 spiro atoms. The SMILES string of the molecule is O=C(NC[C@@H]1CCCN(c2ncccn2)C1)c1ccc(O)c(Cl)c1. The molecule has 1 aliphatic rings. The highest BCUT2D eigenvalue weighted by Gasteiger charge is 2.22. The maximum Gasteiger partial charge on any atom is 0.251 e. The van der Waals surface area contributed by atoms with Gasteiger partial charge in [-0.05, 0) is 43.0 Å². The van der Waals surface area contributed by atoms with Crippen molar-refractivity contribution in [2.24, 2.45) is 5.92 Å². The number of nitrogens with zero attached hydrogens (tertiary/aromatic N) is 3. The number of amides is 1. The molecule has 0 saturated carbocycles. The van der Waals surface area contributed by atoms with Crippen molar-refractivity contribution in [3.8, 4) is 5.75 Å². The molecule has 1 aromatic carbocycles. The van der Waals surface area contributed by atoms with Crippen LogP contribution in [0.25, 0.3) is 0 Å². The summed E-state index contributed by atoms with van der Waals surface area (Å²) in [4.78, 5) is 22.9. The molecule has 2 N–H and O–H groups in total. The highest BCUT2D eigenvalue weighted by molar-refractivity contribution is 6.32. The Kier molecular flexibility index (Phi) is 5.15. The van der Waals surface area contributed by atoms with Gasteiger partial charge in [-0.15, -0.1) is 0 Å². The fourth-order valence-electron chi connectivity index (χ4n) is 2.86. The van der Waals surface area contributed by atoms with Crippen LogP contribution in [0.1, 0.15) is 23.2 Å². The largest absolute Gasteiger partial charge is 0.506 e. The Morgan fingerprint density at radius 1 is 1.38 bits per heavy atom. The average molecular weight is 347 g/mol. The van der Waals surface area contributed by atoms with E-state index in [1.54, 1.807) is 24.5 Å². The lowest BCUT2D eigenvalue weighted by atomic mass is 9.98. The highest BCUT2D eigenvalue weighted by Crippen LogP contribution is 2.24. The highest BCUT2D eigenvalue weighted by atomic mass is 35.5. The van der Waals surface area contributed by atoms with Gasteiger partial charge in [0.2, 0.25) is 5.95 Å². The zero-order valence-electron chi connectivity index (χ0n) is 13.2. The van der Waals surface area contributed by atoms with Crippen molar-refractivity contribution in [2.75, 3.05) is 24.5 Å². The zero-order chi connectivity index (χ0) is 16.9. The van der Waals surface area contributed by atoms with E-state index in [4.69, 9.17) is 11.6 Å². The van der Waals surface area contributed by atoms with Gasteiger partial charge in [0.05, 0.1) is 5.02 Å². The second-order valence-electron chi connectivity index (χ2n) is 5.88. The lowest BCUT2D eigenvalue weighted by Gasteiger charge is -2.32. The summed E-state index contributed by atoms with van der Waals surface area (Å²) in [7, 11) is 0. The quantitative estimate of drug-likeness (QED) is 0.889. The molecule has 2 aromatic rings. The van der Waals surface area contributed by atoms with Gasteiger partial charge in [-0.2, -0.15) is 0 Å². The molecule has 1 aromatic heterocycles. The van der Waals surface area contributed by atoms with Gasteiger partial charge in [-0.25, -0.2) is 9.97 Å². The third-order valence-electron chi connectivity index (χ3n) is 4.12. The van der Waals surface area contributed by atoms with E-state index in [-0.39, 0.29) is 16.7 Å². The minimum atomic E-state index is -0.190. The number of halogens is 1. The van der Waals surface area contributed by atoms with E-state index in [0.717, 1.165) is 31.9 Å². The maximum atomic E-state index is 12.2. The molecule has 0 radical (unpaired) electrons. The number of piperidine rings is 1. The van der Waals surface area contributed by atoms with E-state index in [2.05, 4.69) is 20.2 Å². The number of rotatable bonds is 4. The molecular formula is C17H19ClN4O2. The average Bonchev–Trinajstić information content (AvgIpc) is 2.63. The smallest absolute Gasteiger partial charge is 0.251 e. The van der Waals surface area contributed by atoms with Gasteiger partial charge in [-0.1, -0.05) is 11.6 Å². The van der Waals surface area contributed by atoms with Crippen molar-refractivity contribution in [1.82, 2.24) is 15.3 Å². The fourth-order valence-corrected chi connectivity index (χ4v) is 3.04. The summed E-state index contributed by atoms with van der Waals surface area (Å²) < 4.78 is 0. The van der Waals surface area contributed by atoms with Gasteiger partial charge in [0.15, 0.2) is 0 Å². The third kappa shape index (κ3) is 3.94. The molecule has 6 nitrogen and oxygen atoms in total. The van der Waals surface area contributed by atoms with Crippen LogP contribution in [0.3, 0.4) is 0 Å². The molecule has 2 heterocycles. The van der Waals surface area contributed by atoms with Gasteiger partial charge in [0, 0.05) is 37.6 Å². The minimum Gasteiger partial charge on any atom is -0.506 e. The summed E-state index contributed by atoms with van der Waals surface area (Å²) in [6.07, 6.45) is 5.58. The Bertz CT molecular complexity index is 711. The van der Waals surface area contributed by atoms with Crippen LogP contribution < -0.4 is 10.2 Å². The van der Waals surface area contributed by atoms with Crippen LogP contribution in [0.5, 0.6) is 5.75 Å². The number of benzene rings is 1. The molecule has 1 saturated heterocycles. The normalized spacial score (nSPS) is 17.5. The number of phenols is 1. The van der Waals surface area contributed by atoms with E-state index in [0.29, 0.717) is 18.0 Å². The van der Waals surface area contributed by atoms with Crippen LogP contribution >= 0.6 is 11.6 Å². The zero-order valence-corrected chi connectivity index (χ0v) is 13.9. The number of phenolic OH excluding ortho intramolecular Hbond substituents is 1. The Hall–Kier alpha value is -2.34. The van der Waals surface area contributed by atoms with Crippen LogP contribution in [0.15, 0.2) is 36.7 Å². The summed E-state index contributed by atoms with van der Waals surface area (Å²) >= 11 is 5.84. The number of nitrogens with one attached hydrogen (secondary N) is 1. The first-order valence-corrected chi connectivity index (χ1v) is 8.30.